The zero-order valence-corrected chi connectivity index (χ0v) is 21.9. The van der Waals surface area contributed by atoms with E-state index in [1.54, 1.807) is 32.2 Å². The van der Waals surface area contributed by atoms with Crippen LogP contribution in [-0.2, 0) is 15.1 Å². The number of nitrogens with zero attached hydrogens (tertiary/aromatic N) is 2. The second kappa shape index (κ2) is 9.43. The molecular weight excluding hydrogens is 518 g/mol. The SMILES string of the molecule is Cc1cc(Cl)cc(C)c1-n1cc(-c2nc(C3(CO)COC(C)(C)O3)oc2-c2ccc(F)cc2F)ccc1=O. The molecule has 0 amide bonds. The van der Waals surface area contributed by atoms with E-state index in [1.165, 1.54) is 22.8 Å². The molecule has 1 aliphatic heterocycles. The van der Waals surface area contributed by atoms with E-state index in [0.29, 0.717) is 16.3 Å². The molecule has 0 radical (unpaired) electrons. The number of pyridine rings is 1. The van der Waals surface area contributed by atoms with Gasteiger partial charge < -0.3 is 19.0 Å². The van der Waals surface area contributed by atoms with Crippen LogP contribution in [0, 0.1) is 25.5 Å². The van der Waals surface area contributed by atoms with Crippen molar-refractivity contribution in [3.63, 3.8) is 0 Å². The zero-order chi connectivity index (χ0) is 27.4. The van der Waals surface area contributed by atoms with Crippen molar-refractivity contribution in [1.29, 1.82) is 0 Å². The van der Waals surface area contributed by atoms with Crippen LogP contribution in [-0.4, -0.2) is 33.7 Å². The normalized spacial score (nSPS) is 18.7. The molecule has 0 bridgehead atoms. The van der Waals surface area contributed by atoms with Gasteiger partial charge in [-0.2, -0.15) is 0 Å². The first-order valence-electron chi connectivity index (χ1n) is 11.8. The average molecular weight is 543 g/mol. The summed E-state index contributed by atoms with van der Waals surface area (Å²) in [4.78, 5) is 17.5. The highest BCUT2D eigenvalue weighted by molar-refractivity contribution is 6.30. The van der Waals surface area contributed by atoms with Gasteiger partial charge in [0, 0.05) is 28.9 Å². The molecule has 2 aromatic heterocycles. The molecule has 1 unspecified atom stereocenters. The molecule has 5 rings (SSSR count). The third-order valence-electron chi connectivity index (χ3n) is 6.42. The van der Waals surface area contributed by atoms with Gasteiger partial charge in [-0.25, -0.2) is 13.8 Å². The Morgan fingerprint density at radius 3 is 2.42 bits per heavy atom. The standard InChI is InChI=1S/C28H25ClF2N2O5/c1-15-9-18(29)10-16(2)24(15)33-12-17(5-8-22(33)35)23-25(20-7-6-19(30)11-21(20)31)37-26(32-23)28(13-34)14-36-27(3,4)38-28/h5-12,34H,13-14H2,1-4H3. The van der Waals surface area contributed by atoms with Crippen molar-refractivity contribution in [2.45, 2.75) is 39.1 Å². The fraction of sp³-hybridized carbons (Fsp3) is 0.286. The van der Waals surface area contributed by atoms with Crippen molar-refractivity contribution >= 4 is 11.6 Å². The van der Waals surface area contributed by atoms with Gasteiger partial charge in [-0.15, -0.1) is 0 Å². The molecule has 2 aromatic carbocycles. The van der Waals surface area contributed by atoms with E-state index in [1.807, 2.05) is 13.8 Å². The van der Waals surface area contributed by atoms with Gasteiger partial charge >= 0.3 is 0 Å². The molecule has 0 aliphatic carbocycles. The van der Waals surface area contributed by atoms with E-state index in [4.69, 9.17) is 25.5 Å². The number of hydrogen-bond donors (Lipinski definition) is 1. The Hall–Kier alpha value is -3.37. The van der Waals surface area contributed by atoms with Gasteiger partial charge in [-0.3, -0.25) is 9.36 Å². The molecule has 4 aromatic rings. The third kappa shape index (κ3) is 4.56. The molecule has 7 nitrogen and oxygen atoms in total. The molecule has 198 valence electrons. The van der Waals surface area contributed by atoms with Gasteiger partial charge in [0.05, 0.1) is 24.5 Å². The van der Waals surface area contributed by atoms with Gasteiger partial charge in [0.25, 0.3) is 5.56 Å². The van der Waals surface area contributed by atoms with Gasteiger partial charge in [-0.05, 0) is 69.2 Å². The van der Waals surface area contributed by atoms with Crippen molar-refractivity contribution in [3.05, 3.63) is 92.7 Å². The minimum atomic E-state index is -1.45. The quantitative estimate of drug-likeness (QED) is 0.349. The predicted molar refractivity (Wildman–Crippen MR) is 137 cm³/mol. The van der Waals surface area contributed by atoms with Gasteiger partial charge in [0.15, 0.2) is 17.1 Å². The minimum Gasteiger partial charge on any atom is -0.437 e. The summed E-state index contributed by atoms with van der Waals surface area (Å²) in [7, 11) is 0. The Kier molecular flexibility index (Phi) is 6.51. The molecule has 1 saturated heterocycles. The highest BCUT2D eigenvalue weighted by atomic mass is 35.5. The lowest BCUT2D eigenvalue weighted by Crippen LogP contribution is -2.35. The molecular formula is C28H25ClF2N2O5. The van der Waals surface area contributed by atoms with Gasteiger partial charge in [-0.1, -0.05) is 11.6 Å². The van der Waals surface area contributed by atoms with Crippen LogP contribution in [0.2, 0.25) is 5.02 Å². The van der Waals surface area contributed by atoms with E-state index < -0.39 is 29.6 Å². The maximum Gasteiger partial charge on any atom is 0.255 e. The summed E-state index contributed by atoms with van der Waals surface area (Å²) in [5, 5.41) is 10.8. The second-order valence-corrected chi connectivity index (χ2v) is 10.2. The Morgan fingerprint density at radius 1 is 1.11 bits per heavy atom. The minimum absolute atomic E-state index is 0.0200. The second-order valence-electron chi connectivity index (χ2n) is 9.78. The lowest BCUT2D eigenvalue weighted by Gasteiger charge is -2.23. The predicted octanol–water partition coefficient (Wildman–Crippen LogP) is 5.68. The fourth-order valence-electron chi connectivity index (χ4n) is 4.72. The van der Waals surface area contributed by atoms with Crippen molar-refractivity contribution in [2.24, 2.45) is 0 Å². The molecule has 10 heteroatoms. The van der Waals surface area contributed by atoms with Crippen LogP contribution in [0.4, 0.5) is 8.78 Å². The molecule has 0 saturated carbocycles. The number of ether oxygens (including phenoxy) is 2. The maximum atomic E-state index is 15.0. The van der Waals surface area contributed by atoms with E-state index in [-0.39, 0.29) is 35.1 Å². The van der Waals surface area contributed by atoms with Crippen LogP contribution in [0.1, 0.15) is 30.9 Å². The number of halogens is 3. The monoisotopic (exact) mass is 542 g/mol. The number of aromatic nitrogens is 2. The van der Waals surface area contributed by atoms with Crippen molar-refractivity contribution in [3.8, 4) is 28.3 Å². The number of aliphatic hydroxyl groups is 1. The van der Waals surface area contributed by atoms with Crippen LogP contribution in [0.3, 0.4) is 0 Å². The van der Waals surface area contributed by atoms with Gasteiger partial charge in [0.1, 0.15) is 17.3 Å². The van der Waals surface area contributed by atoms with Crippen LogP contribution in [0.15, 0.2) is 57.9 Å². The summed E-state index contributed by atoms with van der Waals surface area (Å²) in [6.07, 6.45) is 1.57. The summed E-state index contributed by atoms with van der Waals surface area (Å²) in [5.41, 5.74) is 0.967. The first-order valence-corrected chi connectivity index (χ1v) is 12.2. The highest BCUT2D eigenvalue weighted by Gasteiger charge is 2.50. The topological polar surface area (TPSA) is 86.7 Å². The largest absolute Gasteiger partial charge is 0.437 e. The molecule has 3 heterocycles. The van der Waals surface area contributed by atoms with E-state index in [0.717, 1.165) is 23.3 Å². The number of oxazole rings is 1. The Labute approximate surface area is 222 Å². The number of hydrogen-bond acceptors (Lipinski definition) is 6. The maximum absolute atomic E-state index is 15.0. The van der Waals surface area contributed by atoms with Gasteiger partial charge in [0.2, 0.25) is 5.89 Å². The molecule has 1 N–H and O–H groups in total. The zero-order valence-electron chi connectivity index (χ0n) is 21.1. The van der Waals surface area contributed by atoms with Crippen LogP contribution in [0.5, 0.6) is 0 Å². The number of benzene rings is 2. The lowest BCUT2D eigenvalue weighted by atomic mass is 10.1. The highest BCUT2D eigenvalue weighted by Crippen LogP contribution is 2.43. The Bertz CT molecular complexity index is 1590. The number of aliphatic hydroxyl groups excluding tert-OH is 1. The first-order chi connectivity index (χ1) is 17.9. The lowest BCUT2D eigenvalue weighted by molar-refractivity contribution is -0.177. The van der Waals surface area contributed by atoms with Crippen LogP contribution < -0.4 is 5.56 Å². The molecule has 1 atom stereocenters. The Morgan fingerprint density at radius 2 is 1.82 bits per heavy atom. The summed E-state index contributed by atoms with van der Waals surface area (Å²) >= 11 is 6.19. The van der Waals surface area contributed by atoms with Crippen LogP contribution in [0.25, 0.3) is 28.3 Å². The van der Waals surface area contributed by atoms with Crippen molar-refractivity contribution in [2.75, 3.05) is 13.2 Å². The number of rotatable bonds is 5. The third-order valence-corrected chi connectivity index (χ3v) is 6.64. The molecule has 38 heavy (non-hydrogen) atoms. The summed E-state index contributed by atoms with van der Waals surface area (Å²) in [6, 6.07) is 9.48. The summed E-state index contributed by atoms with van der Waals surface area (Å²) in [5.74, 6) is -2.72. The van der Waals surface area contributed by atoms with E-state index in [2.05, 4.69) is 4.98 Å². The van der Waals surface area contributed by atoms with E-state index in [9.17, 15) is 18.7 Å². The fourth-order valence-corrected chi connectivity index (χ4v) is 5.05. The van der Waals surface area contributed by atoms with E-state index >= 15 is 0 Å². The summed E-state index contributed by atoms with van der Waals surface area (Å²) in [6.45, 7) is 6.45. The number of aryl methyl sites for hydroxylation is 2. The average Bonchev–Trinajstić information content (AvgIpc) is 3.41. The van der Waals surface area contributed by atoms with Crippen molar-refractivity contribution in [1.82, 2.24) is 9.55 Å². The van der Waals surface area contributed by atoms with Crippen molar-refractivity contribution < 1.29 is 27.8 Å². The molecule has 1 aliphatic rings. The van der Waals surface area contributed by atoms with Crippen LogP contribution >= 0.6 is 11.6 Å². The molecule has 0 spiro atoms. The smallest absolute Gasteiger partial charge is 0.255 e. The Balaban J connectivity index is 1.74. The first kappa shape index (κ1) is 26.2. The molecule has 1 fully saturated rings. The summed E-state index contributed by atoms with van der Waals surface area (Å²) < 4.78 is 47.8.